The van der Waals surface area contributed by atoms with Gasteiger partial charge in [0.2, 0.25) is 17.5 Å². The van der Waals surface area contributed by atoms with Gasteiger partial charge in [-0.2, -0.15) is 0 Å². The van der Waals surface area contributed by atoms with Crippen LogP contribution in [0.3, 0.4) is 0 Å². The van der Waals surface area contributed by atoms with E-state index in [2.05, 4.69) is 16.0 Å². The number of carbonyl (C=O) groups excluding carboxylic acids is 5. The van der Waals surface area contributed by atoms with Crippen LogP contribution in [0.4, 0.5) is 4.79 Å². The van der Waals surface area contributed by atoms with Crippen molar-refractivity contribution in [1.29, 1.82) is 0 Å². The molecule has 0 radical (unpaired) electrons. The SMILES string of the molecule is CO[C@H]1/C=C\C=C(/C)C(=O)NC2=CC(=O)C(NCCCCCCNC(=O)/C=C/c3ccc(C)cc3)=C(C[C@@H](C)C[C@H](OC)[C@H](O)[C@@H](C)/C=C(\C)[C@@H]1OC(N)=O)C2=O. The zero-order valence-corrected chi connectivity index (χ0v) is 34.3. The highest BCUT2D eigenvalue weighted by Crippen LogP contribution is 2.29. The second-order valence-electron chi connectivity index (χ2n) is 14.8. The van der Waals surface area contributed by atoms with E-state index in [0.29, 0.717) is 25.1 Å². The molecular formula is C44H60N4O9. The van der Waals surface area contributed by atoms with Crippen LogP contribution in [0.1, 0.15) is 77.3 Å². The minimum Gasteiger partial charge on any atom is -0.439 e. The Morgan fingerprint density at radius 1 is 0.982 bits per heavy atom. The second kappa shape index (κ2) is 23.2. The van der Waals surface area contributed by atoms with Crippen molar-refractivity contribution >= 4 is 35.6 Å². The van der Waals surface area contributed by atoms with Crippen LogP contribution in [0, 0.1) is 18.8 Å². The topological polar surface area (TPSA) is 195 Å². The molecular weight excluding hydrogens is 729 g/mol. The number of allylic oxidation sites excluding steroid dienone is 4. The van der Waals surface area contributed by atoms with Gasteiger partial charge in [-0.25, -0.2) is 4.79 Å². The van der Waals surface area contributed by atoms with Gasteiger partial charge in [0.15, 0.2) is 6.10 Å². The van der Waals surface area contributed by atoms with Crippen LogP contribution in [0.2, 0.25) is 0 Å². The highest BCUT2D eigenvalue weighted by molar-refractivity contribution is 6.23. The Morgan fingerprint density at radius 3 is 2.32 bits per heavy atom. The third kappa shape index (κ3) is 14.7. The fraction of sp³-hybridized carbons (Fsp3) is 0.477. The molecule has 310 valence electrons. The molecule has 13 heteroatoms. The van der Waals surface area contributed by atoms with Gasteiger partial charge in [0.25, 0.3) is 5.91 Å². The van der Waals surface area contributed by atoms with E-state index in [1.807, 2.05) is 45.0 Å². The summed E-state index contributed by atoms with van der Waals surface area (Å²) < 4.78 is 16.7. The van der Waals surface area contributed by atoms with Crippen molar-refractivity contribution in [3.63, 3.8) is 0 Å². The van der Waals surface area contributed by atoms with Crippen molar-refractivity contribution in [2.24, 2.45) is 17.6 Å². The van der Waals surface area contributed by atoms with Crippen molar-refractivity contribution in [3.8, 4) is 0 Å². The van der Waals surface area contributed by atoms with Crippen molar-refractivity contribution in [3.05, 3.63) is 100.0 Å². The highest BCUT2D eigenvalue weighted by Gasteiger charge is 2.33. The molecule has 0 unspecified atom stereocenters. The predicted molar refractivity (Wildman–Crippen MR) is 219 cm³/mol. The van der Waals surface area contributed by atoms with Crippen LogP contribution in [-0.2, 0) is 33.4 Å². The largest absolute Gasteiger partial charge is 0.439 e. The number of amides is 3. The monoisotopic (exact) mass is 788 g/mol. The predicted octanol–water partition coefficient (Wildman–Crippen LogP) is 5.05. The van der Waals surface area contributed by atoms with Gasteiger partial charge in [0, 0.05) is 56.5 Å². The lowest BCUT2D eigenvalue weighted by molar-refractivity contribution is -0.120. The number of aliphatic hydroxyl groups is 1. The lowest BCUT2D eigenvalue weighted by atomic mass is 9.85. The Morgan fingerprint density at radius 2 is 1.67 bits per heavy atom. The normalized spacial score (nSPS) is 26.5. The lowest BCUT2D eigenvalue weighted by Crippen LogP contribution is -2.38. The molecule has 2 aliphatic rings. The van der Waals surface area contributed by atoms with Gasteiger partial charge in [-0.15, -0.1) is 0 Å². The van der Waals surface area contributed by atoms with E-state index in [4.69, 9.17) is 19.9 Å². The third-order valence-electron chi connectivity index (χ3n) is 10.0. The van der Waals surface area contributed by atoms with Gasteiger partial charge < -0.3 is 41.0 Å². The number of ether oxygens (including phenoxy) is 3. The van der Waals surface area contributed by atoms with Crippen LogP contribution in [0.25, 0.3) is 6.08 Å². The number of aryl methyl sites for hydroxylation is 1. The Kier molecular flexibility index (Phi) is 18.8. The number of Topliss-reactive ketones (excluding diaryl/α,β-unsaturated/α-hetero) is 1. The first-order valence-electron chi connectivity index (χ1n) is 19.5. The van der Waals surface area contributed by atoms with E-state index >= 15 is 0 Å². The van der Waals surface area contributed by atoms with Crippen LogP contribution >= 0.6 is 0 Å². The number of rotatable bonds is 13. The average Bonchev–Trinajstić information content (AvgIpc) is 3.17. The molecule has 0 saturated carbocycles. The molecule has 6 atom stereocenters. The van der Waals surface area contributed by atoms with Crippen molar-refractivity contribution in [2.75, 3.05) is 27.3 Å². The summed E-state index contributed by atoms with van der Waals surface area (Å²) in [7, 11) is 2.93. The van der Waals surface area contributed by atoms with Crippen LogP contribution in [0.5, 0.6) is 0 Å². The van der Waals surface area contributed by atoms with Gasteiger partial charge in [-0.05, 0) is 69.6 Å². The third-order valence-corrected chi connectivity index (χ3v) is 10.0. The Labute approximate surface area is 336 Å². The van der Waals surface area contributed by atoms with Crippen LogP contribution < -0.4 is 21.7 Å². The molecule has 0 aromatic heterocycles. The number of methoxy groups -OCH3 is 2. The number of hydrogen-bond acceptors (Lipinski definition) is 10. The standard InChI is InChI=1S/C44H60N4O9/c1-27-15-17-32(18-16-27)19-20-38(50)46-21-10-8-9-11-22-47-39-33-23-28(2)24-37(56-7)40(51)30(4)25-31(5)42(57-44(45)54)36(55-6)14-12-13-29(3)43(53)48-34(41(33)52)26-35(39)49/h12-20,25-26,28,30,36-37,40,42,47,51H,8-11,21-24H2,1-7H3,(H2,45,54)(H,46,50)(H,48,53)/b14-12-,20-19+,29-13+,31-25+/t28-,30+,36+,37+,40-,42+/m1/s1. The molecule has 3 amide bonds. The Balaban J connectivity index is 1.75. The van der Waals surface area contributed by atoms with Gasteiger partial charge in [-0.3, -0.25) is 19.2 Å². The number of unbranched alkanes of at least 4 members (excludes halogenated alkanes) is 3. The zero-order valence-electron chi connectivity index (χ0n) is 34.3. The van der Waals surface area contributed by atoms with E-state index < -0.39 is 53.9 Å². The summed E-state index contributed by atoms with van der Waals surface area (Å²) in [5.41, 5.74) is 8.62. The number of nitrogens with two attached hydrogens (primary N) is 1. The van der Waals surface area contributed by atoms with Crippen LogP contribution in [0.15, 0.2) is 88.8 Å². The molecule has 0 saturated heterocycles. The Bertz CT molecular complexity index is 1770. The van der Waals surface area contributed by atoms with E-state index in [-0.39, 0.29) is 40.8 Å². The minimum absolute atomic E-state index is 0.135. The second-order valence-corrected chi connectivity index (χ2v) is 14.8. The quantitative estimate of drug-likeness (QED) is 0.0782. The maximum absolute atomic E-state index is 14.0. The van der Waals surface area contributed by atoms with E-state index in [9.17, 15) is 29.1 Å². The summed E-state index contributed by atoms with van der Waals surface area (Å²) in [4.78, 5) is 64.8. The van der Waals surface area contributed by atoms with Gasteiger partial charge in [-0.1, -0.05) is 80.8 Å². The first kappa shape index (κ1) is 46.3. The molecule has 1 heterocycles. The number of benzene rings is 1. The molecule has 0 spiro atoms. The molecule has 3 rings (SSSR count). The summed E-state index contributed by atoms with van der Waals surface area (Å²) in [6, 6.07) is 7.91. The number of carbonyl (C=O) groups is 5. The fourth-order valence-corrected chi connectivity index (χ4v) is 6.72. The van der Waals surface area contributed by atoms with Crippen molar-refractivity contribution < 1.29 is 43.3 Å². The average molecular weight is 789 g/mol. The van der Waals surface area contributed by atoms with Gasteiger partial charge >= 0.3 is 6.09 Å². The molecule has 13 nitrogen and oxygen atoms in total. The summed E-state index contributed by atoms with van der Waals surface area (Å²) in [6.07, 6.45) is 10.2. The maximum atomic E-state index is 14.0. The van der Waals surface area contributed by atoms with Crippen molar-refractivity contribution in [2.45, 2.75) is 97.6 Å². The van der Waals surface area contributed by atoms with E-state index in [1.165, 1.54) is 26.4 Å². The first-order chi connectivity index (χ1) is 27.1. The smallest absolute Gasteiger partial charge is 0.405 e. The number of fused-ring (bicyclic) bond motifs is 2. The Hall–Kier alpha value is -5.11. The lowest BCUT2D eigenvalue weighted by Gasteiger charge is -2.30. The molecule has 1 aromatic rings. The van der Waals surface area contributed by atoms with Crippen LogP contribution in [-0.4, -0.2) is 86.3 Å². The highest BCUT2D eigenvalue weighted by atomic mass is 16.6. The molecule has 1 aliphatic carbocycles. The number of primary amides is 1. The molecule has 2 bridgehead atoms. The summed E-state index contributed by atoms with van der Waals surface area (Å²) in [6.45, 7) is 9.99. The number of nitrogens with one attached hydrogen (secondary N) is 3. The van der Waals surface area contributed by atoms with Crippen molar-refractivity contribution in [1.82, 2.24) is 16.0 Å². The first-order valence-corrected chi connectivity index (χ1v) is 19.5. The maximum Gasteiger partial charge on any atom is 0.405 e. The minimum atomic E-state index is -1.01. The molecule has 1 aromatic carbocycles. The number of hydrogen-bond donors (Lipinski definition) is 5. The molecule has 6 N–H and O–H groups in total. The van der Waals surface area contributed by atoms with Gasteiger partial charge in [0.05, 0.1) is 23.6 Å². The number of ketones is 2. The summed E-state index contributed by atoms with van der Waals surface area (Å²) >= 11 is 0. The van der Waals surface area contributed by atoms with E-state index in [1.54, 1.807) is 38.2 Å². The zero-order chi connectivity index (χ0) is 42.1. The summed E-state index contributed by atoms with van der Waals surface area (Å²) in [5, 5.41) is 20.1. The van der Waals surface area contributed by atoms with E-state index in [0.717, 1.165) is 42.9 Å². The molecule has 0 fully saturated rings. The fourth-order valence-electron chi connectivity index (χ4n) is 6.72. The summed E-state index contributed by atoms with van der Waals surface area (Å²) in [5.74, 6) is -2.34. The molecule has 1 aliphatic heterocycles. The van der Waals surface area contributed by atoms with Gasteiger partial charge in [0.1, 0.15) is 6.10 Å². The number of aliphatic hydroxyl groups excluding tert-OH is 1. The molecule has 57 heavy (non-hydrogen) atoms.